The lowest BCUT2D eigenvalue weighted by Crippen LogP contribution is -2.09. The molecule has 0 atom stereocenters. The number of rotatable bonds is 3. The molecule has 0 unspecified atom stereocenters. The molecule has 18 heavy (non-hydrogen) atoms. The van der Waals surface area contributed by atoms with E-state index >= 15 is 0 Å². The summed E-state index contributed by atoms with van der Waals surface area (Å²) in [5.74, 6) is -0.293. The van der Waals surface area contributed by atoms with E-state index in [4.69, 9.17) is 4.42 Å². The Balaban J connectivity index is 2.03. The van der Waals surface area contributed by atoms with Gasteiger partial charge < -0.3 is 9.73 Å². The smallest absolute Gasteiger partial charge is 0.248 e. The van der Waals surface area contributed by atoms with Crippen LogP contribution in [-0.4, -0.2) is 5.91 Å². The van der Waals surface area contributed by atoms with Gasteiger partial charge >= 0.3 is 0 Å². The maximum atomic E-state index is 13.5. The molecule has 0 saturated heterocycles. The van der Waals surface area contributed by atoms with Crippen LogP contribution in [0.2, 0.25) is 0 Å². The molecule has 0 saturated carbocycles. The fourth-order valence-corrected chi connectivity index (χ4v) is 1.44. The highest BCUT2D eigenvalue weighted by Gasteiger charge is 2.04. The zero-order valence-electron chi connectivity index (χ0n) is 9.81. The largest absolute Gasteiger partial charge is 0.465 e. The topological polar surface area (TPSA) is 42.2 Å². The minimum absolute atomic E-state index is 0.162. The second-order valence-electron chi connectivity index (χ2n) is 3.82. The van der Waals surface area contributed by atoms with Crippen molar-refractivity contribution in [1.82, 2.24) is 0 Å². The number of aryl methyl sites for hydroxylation is 1. The zero-order chi connectivity index (χ0) is 13.0. The Bertz CT molecular complexity index is 573. The Morgan fingerprint density at radius 1 is 1.39 bits per heavy atom. The van der Waals surface area contributed by atoms with E-state index in [0.29, 0.717) is 5.76 Å². The standard InChI is InChI=1S/C14H12FNO2/c1-10-4-6-13(12(15)9-10)16-14(17)7-5-11-3-2-8-18-11/h2-9H,1H3,(H,16,17)/b7-5+. The summed E-state index contributed by atoms with van der Waals surface area (Å²) in [6.45, 7) is 1.78. The first kappa shape index (κ1) is 12.1. The van der Waals surface area contributed by atoms with Crippen molar-refractivity contribution >= 4 is 17.7 Å². The second-order valence-corrected chi connectivity index (χ2v) is 3.82. The first-order valence-corrected chi connectivity index (χ1v) is 5.44. The van der Waals surface area contributed by atoms with Crippen LogP contribution in [0, 0.1) is 12.7 Å². The molecule has 1 N–H and O–H groups in total. The van der Waals surface area contributed by atoms with Crippen molar-refractivity contribution < 1.29 is 13.6 Å². The number of anilines is 1. The van der Waals surface area contributed by atoms with E-state index in [0.717, 1.165) is 5.56 Å². The van der Waals surface area contributed by atoms with Crippen LogP contribution in [0.5, 0.6) is 0 Å². The van der Waals surface area contributed by atoms with Gasteiger partial charge in [0.25, 0.3) is 0 Å². The fraction of sp³-hybridized carbons (Fsp3) is 0.0714. The van der Waals surface area contributed by atoms with Crippen molar-refractivity contribution in [2.24, 2.45) is 0 Å². The lowest BCUT2D eigenvalue weighted by atomic mass is 10.2. The maximum Gasteiger partial charge on any atom is 0.248 e. The van der Waals surface area contributed by atoms with Crippen LogP contribution in [0.25, 0.3) is 6.08 Å². The van der Waals surface area contributed by atoms with Crippen molar-refractivity contribution in [2.75, 3.05) is 5.32 Å². The zero-order valence-corrected chi connectivity index (χ0v) is 9.81. The molecule has 0 radical (unpaired) electrons. The maximum absolute atomic E-state index is 13.5. The van der Waals surface area contributed by atoms with Crippen LogP contribution in [-0.2, 0) is 4.79 Å². The van der Waals surface area contributed by atoms with Gasteiger partial charge in [0.15, 0.2) is 0 Å². The van der Waals surface area contributed by atoms with Gasteiger partial charge in [-0.3, -0.25) is 4.79 Å². The van der Waals surface area contributed by atoms with Gasteiger partial charge in [0.2, 0.25) is 5.91 Å². The Hall–Kier alpha value is -2.36. The van der Waals surface area contributed by atoms with Crippen LogP contribution >= 0.6 is 0 Å². The summed E-state index contributed by atoms with van der Waals surface area (Å²) < 4.78 is 18.5. The minimum atomic E-state index is -0.449. The van der Waals surface area contributed by atoms with E-state index < -0.39 is 11.7 Å². The molecule has 2 aromatic rings. The van der Waals surface area contributed by atoms with Crippen molar-refractivity contribution in [3.63, 3.8) is 0 Å². The minimum Gasteiger partial charge on any atom is -0.465 e. The van der Waals surface area contributed by atoms with E-state index in [-0.39, 0.29) is 5.69 Å². The molecule has 92 valence electrons. The molecule has 4 heteroatoms. The molecule has 0 aliphatic carbocycles. The molecule has 2 rings (SSSR count). The summed E-state index contributed by atoms with van der Waals surface area (Å²) in [4.78, 5) is 11.5. The van der Waals surface area contributed by atoms with Gasteiger partial charge in [0.1, 0.15) is 11.6 Å². The third-order valence-electron chi connectivity index (χ3n) is 2.32. The molecule has 1 heterocycles. The second kappa shape index (κ2) is 5.31. The summed E-state index contributed by atoms with van der Waals surface area (Å²) in [6, 6.07) is 8.07. The first-order chi connectivity index (χ1) is 8.65. The predicted molar refractivity (Wildman–Crippen MR) is 67.5 cm³/mol. The van der Waals surface area contributed by atoms with E-state index in [1.807, 2.05) is 0 Å². The Labute approximate surface area is 104 Å². The van der Waals surface area contributed by atoms with Crippen LogP contribution in [0.1, 0.15) is 11.3 Å². The number of benzene rings is 1. The number of nitrogens with one attached hydrogen (secondary N) is 1. The van der Waals surface area contributed by atoms with Crippen LogP contribution in [0.4, 0.5) is 10.1 Å². The van der Waals surface area contributed by atoms with Gasteiger partial charge in [0, 0.05) is 6.08 Å². The normalized spacial score (nSPS) is 10.8. The summed E-state index contributed by atoms with van der Waals surface area (Å²) >= 11 is 0. The monoisotopic (exact) mass is 245 g/mol. The highest BCUT2D eigenvalue weighted by molar-refractivity contribution is 6.01. The number of halogens is 1. The molecule has 0 aliphatic heterocycles. The molecule has 1 amide bonds. The van der Waals surface area contributed by atoms with Gasteiger partial charge in [-0.15, -0.1) is 0 Å². The molecule has 1 aromatic carbocycles. The summed E-state index contributed by atoms with van der Waals surface area (Å²) in [7, 11) is 0. The number of furan rings is 1. The van der Waals surface area contributed by atoms with Crippen molar-refractivity contribution in [2.45, 2.75) is 6.92 Å². The first-order valence-electron chi connectivity index (χ1n) is 5.44. The van der Waals surface area contributed by atoms with E-state index in [9.17, 15) is 9.18 Å². The number of amides is 1. The lowest BCUT2D eigenvalue weighted by Gasteiger charge is -2.04. The molecular formula is C14H12FNO2. The Morgan fingerprint density at radius 3 is 2.89 bits per heavy atom. The van der Waals surface area contributed by atoms with Gasteiger partial charge in [-0.2, -0.15) is 0 Å². The van der Waals surface area contributed by atoms with Crippen LogP contribution in [0.3, 0.4) is 0 Å². The highest BCUT2D eigenvalue weighted by Crippen LogP contribution is 2.15. The quantitative estimate of drug-likeness (QED) is 0.842. The predicted octanol–water partition coefficient (Wildman–Crippen LogP) is 3.38. The molecular weight excluding hydrogens is 233 g/mol. The number of hydrogen-bond acceptors (Lipinski definition) is 2. The van der Waals surface area contributed by atoms with Crippen molar-refractivity contribution in [3.8, 4) is 0 Å². The SMILES string of the molecule is Cc1ccc(NC(=O)/C=C/c2ccco2)c(F)c1. The average molecular weight is 245 g/mol. The van der Waals surface area contributed by atoms with Crippen molar-refractivity contribution in [1.29, 1.82) is 0 Å². The van der Waals surface area contributed by atoms with Crippen LogP contribution in [0.15, 0.2) is 47.1 Å². The molecule has 0 aliphatic rings. The number of carbonyl (C=O) groups is 1. The van der Waals surface area contributed by atoms with Gasteiger partial charge in [0.05, 0.1) is 12.0 Å². The van der Waals surface area contributed by atoms with Crippen molar-refractivity contribution in [3.05, 3.63) is 59.8 Å². The molecule has 0 bridgehead atoms. The molecule has 0 spiro atoms. The lowest BCUT2D eigenvalue weighted by molar-refractivity contribution is -0.111. The summed E-state index contributed by atoms with van der Waals surface area (Å²) in [5.41, 5.74) is 0.964. The Kier molecular flexibility index (Phi) is 3.57. The number of carbonyl (C=O) groups excluding carboxylic acids is 1. The van der Waals surface area contributed by atoms with Gasteiger partial charge in [-0.05, 0) is 42.8 Å². The van der Waals surface area contributed by atoms with Gasteiger partial charge in [-0.1, -0.05) is 6.07 Å². The molecule has 0 fully saturated rings. The van der Waals surface area contributed by atoms with Crippen LogP contribution < -0.4 is 5.32 Å². The molecule has 3 nitrogen and oxygen atoms in total. The fourth-order valence-electron chi connectivity index (χ4n) is 1.44. The van der Waals surface area contributed by atoms with E-state index in [1.54, 1.807) is 25.1 Å². The average Bonchev–Trinajstić information content (AvgIpc) is 2.83. The number of hydrogen-bond donors (Lipinski definition) is 1. The molecule has 1 aromatic heterocycles. The third-order valence-corrected chi connectivity index (χ3v) is 2.32. The van der Waals surface area contributed by atoms with E-state index in [1.165, 1.54) is 30.5 Å². The Morgan fingerprint density at radius 2 is 2.22 bits per heavy atom. The highest BCUT2D eigenvalue weighted by atomic mass is 19.1. The third kappa shape index (κ3) is 3.07. The summed E-state index contributed by atoms with van der Waals surface area (Å²) in [5, 5.41) is 2.46. The summed E-state index contributed by atoms with van der Waals surface area (Å²) in [6.07, 6.45) is 4.32. The van der Waals surface area contributed by atoms with Gasteiger partial charge in [-0.25, -0.2) is 4.39 Å². The van der Waals surface area contributed by atoms with E-state index in [2.05, 4.69) is 5.32 Å².